The van der Waals surface area contributed by atoms with E-state index in [1.54, 1.807) is 0 Å². The largest absolute Gasteiger partial charge is 0.353 e. The fourth-order valence-electron chi connectivity index (χ4n) is 3.76. The smallest absolute Gasteiger partial charge is 0.226 e. The summed E-state index contributed by atoms with van der Waals surface area (Å²) < 4.78 is 0. The molecule has 1 aliphatic heterocycles. The van der Waals surface area contributed by atoms with Crippen LogP contribution in [0.15, 0.2) is 24.3 Å². The maximum Gasteiger partial charge on any atom is 0.226 e. The first-order valence-electron chi connectivity index (χ1n) is 8.97. The molecule has 0 unspecified atom stereocenters. The molecule has 5 heteroatoms. The molecule has 4 rings (SSSR count). The van der Waals surface area contributed by atoms with Gasteiger partial charge in [0.1, 0.15) is 0 Å². The molecule has 2 saturated carbocycles. The van der Waals surface area contributed by atoms with Gasteiger partial charge in [0.2, 0.25) is 11.8 Å². The molecule has 1 N–H and O–H groups in total. The van der Waals surface area contributed by atoms with Crippen LogP contribution >= 0.6 is 11.6 Å². The highest BCUT2D eigenvalue weighted by Gasteiger charge is 2.47. The summed E-state index contributed by atoms with van der Waals surface area (Å²) in [5.74, 6) is 0.570. The molecule has 0 spiro atoms. The Balaban J connectivity index is 1.36. The molecule has 1 heterocycles. The number of carbonyl (C=O) groups excluding carboxylic acids is 2. The second-order valence-corrected chi connectivity index (χ2v) is 7.78. The zero-order valence-corrected chi connectivity index (χ0v) is 14.5. The van der Waals surface area contributed by atoms with Gasteiger partial charge in [-0.2, -0.15) is 0 Å². The molecule has 2 aliphatic carbocycles. The van der Waals surface area contributed by atoms with Crippen molar-refractivity contribution in [3.8, 4) is 0 Å². The van der Waals surface area contributed by atoms with Gasteiger partial charge in [0.25, 0.3) is 0 Å². The normalized spacial score (nSPS) is 29.2. The molecule has 0 bridgehead atoms. The van der Waals surface area contributed by atoms with Crippen LogP contribution in [-0.4, -0.2) is 35.8 Å². The Morgan fingerprint density at radius 3 is 2.71 bits per heavy atom. The summed E-state index contributed by atoms with van der Waals surface area (Å²) in [4.78, 5) is 27.0. The molecule has 1 aromatic carbocycles. The SMILES string of the molecule is O=C(NC1CC1)[C@@H]1CCCN(C(=O)[C@H]2C[C@@H]2c2ccccc2Cl)C1. The number of halogens is 1. The Labute approximate surface area is 147 Å². The van der Waals surface area contributed by atoms with E-state index in [4.69, 9.17) is 11.6 Å². The van der Waals surface area contributed by atoms with Crippen molar-refractivity contribution in [3.63, 3.8) is 0 Å². The monoisotopic (exact) mass is 346 g/mol. The van der Waals surface area contributed by atoms with E-state index in [2.05, 4.69) is 5.32 Å². The minimum atomic E-state index is -0.0409. The fourth-order valence-corrected chi connectivity index (χ4v) is 4.04. The van der Waals surface area contributed by atoms with Crippen LogP contribution in [0.1, 0.15) is 43.6 Å². The Morgan fingerprint density at radius 1 is 1.17 bits per heavy atom. The summed E-state index contributed by atoms with van der Waals surface area (Å²) in [6.07, 6.45) is 4.88. The molecule has 3 aliphatic rings. The van der Waals surface area contributed by atoms with Crippen molar-refractivity contribution in [3.05, 3.63) is 34.9 Å². The van der Waals surface area contributed by atoms with Crippen molar-refractivity contribution in [1.29, 1.82) is 0 Å². The van der Waals surface area contributed by atoms with Gasteiger partial charge in [0.15, 0.2) is 0 Å². The Hall–Kier alpha value is -1.55. The van der Waals surface area contributed by atoms with Crippen LogP contribution in [-0.2, 0) is 9.59 Å². The molecule has 3 fully saturated rings. The standard InChI is InChI=1S/C19H23ClN2O2/c20-17-6-2-1-5-14(17)15-10-16(15)19(24)22-9-3-4-12(11-22)18(23)21-13-7-8-13/h1-2,5-6,12-13,15-16H,3-4,7-11H2,(H,21,23)/t12-,15-,16+/m1/s1. The topological polar surface area (TPSA) is 49.4 Å². The van der Waals surface area contributed by atoms with Crippen molar-refractivity contribution in [1.82, 2.24) is 10.2 Å². The third kappa shape index (κ3) is 3.30. The van der Waals surface area contributed by atoms with Gasteiger partial charge in [-0.3, -0.25) is 9.59 Å². The maximum absolute atomic E-state index is 12.8. The second kappa shape index (κ2) is 6.40. The highest BCUT2D eigenvalue weighted by atomic mass is 35.5. The summed E-state index contributed by atoms with van der Waals surface area (Å²) in [6, 6.07) is 8.17. The lowest BCUT2D eigenvalue weighted by Crippen LogP contribution is -2.46. The lowest BCUT2D eigenvalue weighted by atomic mass is 9.96. The number of piperidine rings is 1. The minimum absolute atomic E-state index is 0.0372. The zero-order valence-electron chi connectivity index (χ0n) is 13.7. The van der Waals surface area contributed by atoms with Crippen LogP contribution in [0.4, 0.5) is 0 Å². The van der Waals surface area contributed by atoms with E-state index in [-0.39, 0.29) is 29.6 Å². The van der Waals surface area contributed by atoms with Crippen LogP contribution in [0.3, 0.4) is 0 Å². The van der Waals surface area contributed by atoms with E-state index in [1.165, 1.54) is 0 Å². The van der Waals surface area contributed by atoms with Gasteiger partial charge < -0.3 is 10.2 Å². The quantitative estimate of drug-likeness (QED) is 0.911. The van der Waals surface area contributed by atoms with Gasteiger partial charge in [-0.05, 0) is 49.7 Å². The Bertz CT molecular complexity index is 659. The molecular formula is C19H23ClN2O2. The summed E-state index contributed by atoms with van der Waals surface area (Å²) in [6.45, 7) is 1.35. The van der Waals surface area contributed by atoms with Gasteiger partial charge >= 0.3 is 0 Å². The number of likely N-dealkylation sites (tertiary alicyclic amines) is 1. The summed E-state index contributed by atoms with van der Waals surface area (Å²) in [7, 11) is 0. The molecule has 3 atom stereocenters. The molecule has 24 heavy (non-hydrogen) atoms. The predicted molar refractivity (Wildman–Crippen MR) is 92.8 cm³/mol. The predicted octanol–water partition coefficient (Wildman–Crippen LogP) is 2.96. The average Bonchev–Trinajstić information content (AvgIpc) is 3.50. The van der Waals surface area contributed by atoms with Gasteiger partial charge in [0, 0.05) is 30.1 Å². The van der Waals surface area contributed by atoms with E-state index in [9.17, 15) is 9.59 Å². The molecular weight excluding hydrogens is 324 g/mol. The molecule has 2 amide bonds. The summed E-state index contributed by atoms with van der Waals surface area (Å²) in [5, 5.41) is 3.82. The maximum atomic E-state index is 12.8. The van der Waals surface area contributed by atoms with Gasteiger partial charge in [-0.25, -0.2) is 0 Å². The number of hydrogen-bond acceptors (Lipinski definition) is 2. The second-order valence-electron chi connectivity index (χ2n) is 7.38. The van der Waals surface area contributed by atoms with Crippen LogP contribution in [0.2, 0.25) is 5.02 Å². The third-order valence-corrected chi connectivity index (χ3v) is 5.78. The van der Waals surface area contributed by atoms with Crippen molar-refractivity contribution >= 4 is 23.4 Å². The van der Waals surface area contributed by atoms with Crippen molar-refractivity contribution in [2.45, 2.75) is 44.1 Å². The van der Waals surface area contributed by atoms with Crippen molar-refractivity contribution in [2.24, 2.45) is 11.8 Å². The highest BCUT2D eigenvalue weighted by molar-refractivity contribution is 6.31. The average molecular weight is 347 g/mol. The number of carbonyl (C=O) groups is 2. The first kappa shape index (κ1) is 15.9. The van der Waals surface area contributed by atoms with Crippen LogP contribution in [0.25, 0.3) is 0 Å². The first-order chi connectivity index (χ1) is 11.6. The number of amides is 2. The van der Waals surface area contributed by atoms with E-state index < -0.39 is 0 Å². The number of nitrogens with zero attached hydrogens (tertiary/aromatic N) is 1. The number of nitrogens with one attached hydrogen (secondary N) is 1. The van der Waals surface area contributed by atoms with E-state index in [0.29, 0.717) is 12.6 Å². The Morgan fingerprint density at radius 2 is 1.96 bits per heavy atom. The van der Waals surface area contributed by atoms with E-state index >= 15 is 0 Å². The fraction of sp³-hybridized carbons (Fsp3) is 0.579. The minimum Gasteiger partial charge on any atom is -0.353 e. The third-order valence-electron chi connectivity index (χ3n) is 5.44. The Kier molecular flexibility index (Phi) is 4.25. The molecule has 128 valence electrons. The van der Waals surface area contributed by atoms with Gasteiger partial charge in [-0.15, -0.1) is 0 Å². The molecule has 4 nitrogen and oxygen atoms in total. The highest BCUT2D eigenvalue weighted by Crippen LogP contribution is 2.50. The van der Waals surface area contributed by atoms with E-state index in [1.807, 2.05) is 29.2 Å². The molecule has 0 radical (unpaired) electrons. The zero-order chi connectivity index (χ0) is 16.7. The van der Waals surface area contributed by atoms with Crippen molar-refractivity contribution < 1.29 is 9.59 Å². The first-order valence-corrected chi connectivity index (χ1v) is 9.35. The van der Waals surface area contributed by atoms with Crippen LogP contribution in [0, 0.1) is 11.8 Å². The van der Waals surface area contributed by atoms with Gasteiger partial charge in [0.05, 0.1) is 5.92 Å². The van der Waals surface area contributed by atoms with Crippen LogP contribution < -0.4 is 5.32 Å². The summed E-state index contributed by atoms with van der Waals surface area (Å²) in [5.41, 5.74) is 1.08. The molecule has 0 aromatic heterocycles. The van der Waals surface area contributed by atoms with Crippen molar-refractivity contribution in [2.75, 3.05) is 13.1 Å². The van der Waals surface area contributed by atoms with E-state index in [0.717, 1.165) is 49.2 Å². The lowest BCUT2D eigenvalue weighted by molar-refractivity contribution is -0.136. The number of benzene rings is 1. The lowest BCUT2D eigenvalue weighted by Gasteiger charge is -2.32. The molecule has 1 aromatic rings. The number of hydrogen-bond donors (Lipinski definition) is 1. The summed E-state index contributed by atoms with van der Waals surface area (Å²) >= 11 is 6.26. The number of rotatable bonds is 4. The van der Waals surface area contributed by atoms with Gasteiger partial charge in [-0.1, -0.05) is 29.8 Å². The van der Waals surface area contributed by atoms with Crippen LogP contribution in [0.5, 0.6) is 0 Å². The molecule has 1 saturated heterocycles.